The Hall–Kier alpha value is -3.40. The normalized spacial score (nSPS) is 15.5. The van der Waals surface area contributed by atoms with E-state index >= 15 is 0 Å². The second-order valence-electron chi connectivity index (χ2n) is 9.34. The number of carbonyl (C=O) groups excluding carboxylic acids is 1. The lowest BCUT2D eigenvalue weighted by Crippen LogP contribution is -2.25. The van der Waals surface area contributed by atoms with Gasteiger partial charge in [-0.3, -0.25) is 0 Å². The van der Waals surface area contributed by atoms with Crippen LogP contribution < -0.4 is 4.90 Å². The lowest BCUT2D eigenvalue weighted by Gasteiger charge is -2.21. The summed E-state index contributed by atoms with van der Waals surface area (Å²) in [6, 6.07) is 21.2. The minimum Gasteiger partial charge on any atom is -0.459 e. The molecule has 0 aliphatic carbocycles. The molecule has 0 saturated carbocycles. The van der Waals surface area contributed by atoms with Crippen molar-refractivity contribution in [2.45, 2.75) is 46.1 Å². The number of anilines is 1. The maximum atomic E-state index is 12.5. The van der Waals surface area contributed by atoms with Crippen LogP contribution in [0.5, 0.6) is 0 Å². The first-order valence-electron chi connectivity index (χ1n) is 12.2. The van der Waals surface area contributed by atoms with Crippen molar-refractivity contribution in [1.82, 2.24) is 4.98 Å². The van der Waals surface area contributed by atoms with Crippen LogP contribution >= 0.6 is 0 Å². The fourth-order valence-electron chi connectivity index (χ4n) is 4.53. The number of aromatic nitrogens is 1. The summed E-state index contributed by atoms with van der Waals surface area (Å²) in [6.07, 6.45) is 4.51. The van der Waals surface area contributed by atoms with E-state index in [1.165, 1.54) is 27.8 Å². The Morgan fingerprint density at radius 1 is 1.06 bits per heavy atom. The number of nitrogens with zero attached hydrogens (tertiary/aromatic N) is 2. The third-order valence-corrected chi connectivity index (χ3v) is 6.50. The van der Waals surface area contributed by atoms with Gasteiger partial charge in [0.15, 0.2) is 0 Å². The van der Waals surface area contributed by atoms with E-state index < -0.39 is 0 Å². The molecule has 34 heavy (non-hydrogen) atoms. The number of esters is 1. The molecule has 2 aromatic carbocycles. The first kappa shape index (κ1) is 23.7. The van der Waals surface area contributed by atoms with Gasteiger partial charge in [-0.25, -0.2) is 9.78 Å². The summed E-state index contributed by atoms with van der Waals surface area (Å²) in [5.41, 5.74) is 6.87. The maximum absolute atomic E-state index is 12.5. The third kappa shape index (κ3) is 5.56. The topological polar surface area (TPSA) is 42.4 Å². The lowest BCUT2D eigenvalue weighted by molar-refractivity contribution is 0.0378. The van der Waals surface area contributed by atoms with E-state index in [2.05, 4.69) is 71.9 Å². The molecule has 1 aliphatic heterocycles. The molecule has 0 amide bonds. The molecule has 1 aliphatic rings. The minimum atomic E-state index is -0.315. The van der Waals surface area contributed by atoms with Crippen LogP contribution in [-0.2, 0) is 17.6 Å². The predicted octanol–water partition coefficient (Wildman–Crippen LogP) is 6.50. The first-order chi connectivity index (χ1) is 16.4. The first-order valence-corrected chi connectivity index (χ1v) is 12.2. The molecule has 0 radical (unpaired) electrons. The molecule has 4 nitrogen and oxygen atoms in total. The van der Waals surface area contributed by atoms with Gasteiger partial charge in [-0.15, -0.1) is 0 Å². The zero-order valence-corrected chi connectivity index (χ0v) is 20.5. The van der Waals surface area contributed by atoms with Crippen LogP contribution in [0.25, 0.3) is 11.1 Å². The number of pyridine rings is 1. The number of carbonyl (C=O) groups is 1. The molecule has 4 heteroatoms. The molecule has 0 unspecified atom stereocenters. The number of aryl methyl sites for hydroxylation is 1. The number of benzene rings is 2. The quantitative estimate of drug-likeness (QED) is 0.288. The van der Waals surface area contributed by atoms with Crippen LogP contribution in [0.4, 0.5) is 5.82 Å². The van der Waals surface area contributed by atoms with Gasteiger partial charge in [-0.05, 0) is 73.4 Å². The summed E-state index contributed by atoms with van der Waals surface area (Å²) in [7, 11) is 0. The zero-order chi connectivity index (χ0) is 24.1. The summed E-state index contributed by atoms with van der Waals surface area (Å²) in [5.74, 6) is 0.768. The fourth-order valence-corrected chi connectivity index (χ4v) is 4.53. The van der Waals surface area contributed by atoms with E-state index in [1.807, 2.05) is 13.8 Å². The van der Waals surface area contributed by atoms with E-state index in [-0.39, 0.29) is 12.1 Å². The van der Waals surface area contributed by atoms with Gasteiger partial charge in [-0.1, -0.05) is 67.6 Å². The Morgan fingerprint density at radius 3 is 2.32 bits per heavy atom. The van der Waals surface area contributed by atoms with Crippen molar-refractivity contribution in [2.24, 2.45) is 5.92 Å². The second kappa shape index (κ2) is 10.7. The average Bonchev–Trinajstić information content (AvgIpc) is 3.35. The Bertz CT molecular complexity index is 1130. The van der Waals surface area contributed by atoms with Gasteiger partial charge in [0.1, 0.15) is 11.4 Å². The number of hydrogen-bond acceptors (Lipinski definition) is 4. The van der Waals surface area contributed by atoms with Crippen molar-refractivity contribution in [3.8, 4) is 11.1 Å². The van der Waals surface area contributed by atoms with E-state index in [1.54, 1.807) is 18.3 Å². The molecule has 0 bridgehead atoms. The highest BCUT2D eigenvalue weighted by molar-refractivity contribution is 5.95. The van der Waals surface area contributed by atoms with Gasteiger partial charge in [0.2, 0.25) is 0 Å². The molecule has 1 saturated heterocycles. The van der Waals surface area contributed by atoms with Crippen LogP contribution in [0.3, 0.4) is 0 Å². The van der Waals surface area contributed by atoms with Crippen molar-refractivity contribution in [1.29, 1.82) is 0 Å². The van der Waals surface area contributed by atoms with Crippen molar-refractivity contribution >= 4 is 11.8 Å². The van der Waals surface area contributed by atoms with E-state index in [0.29, 0.717) is 17.3 Å². The number of rotatable bonds is 8. The Kier molecular flexibility index (Phi) is 7.46. The molecule has 4 rings (SSSR count). The third-order valence-electron chi connectivity index (χ3n) is 6.50. The zero-order valence-electron chi connectivity index (χ0n) is 20.5. The van der Waals surface area contributed by atoms with Gasteiger partial charge in [0.05, 0.1) is 6.10 Å². The largest absolute Gasteiger partial charge is 0.459 e. The summed E-state index contributed by atoms with van der Waals surface area (Å²) in [5, 5.41) is 0. The summed E-state index contributed by atoms with van der Waals surface area (Å²) in [6.45, 7) is 12.0. The second-order valence-corrected chi connectivity index (χ2v) is 9.34. The fraction of sp³-hybridized carbons (Fsp3) is 0.333. The standard InChI is InChI=1S/C30H34N2O2/c1-5-23-8-12-25(13-9-23)26-14-10-24(11-15-26)19-22(4)27-16-18-32(20-27)29-28(7-6-17-31-29)30(33)34-21(2)3/h6-15,17,21,27H,4-5,16,18-20H2,1-3H3/t27-/m1/s1. The summed E-state index contributed by atoms with van der Waals surface area (Å²) in [4.78, 5) is 19.2. The monoisotopic (exact) mass is 454 g/mol. The Labute approximate surface area is 203 Å². The SMILES string of the molecule is C=C(Cc1ccc(-c2ccc(CC)cc2)cc1)[C@@H]1CCN(c2ncccc2C(=O)OC(C)C)C1. The van der Waals surface area contributed by atoms with Crippen LogP contribution in [0.15, 0.2) is 79.0 Å². The van der Waals surface area contributed by atoms with Crippen molar-refractivity contribution in [2.75, 3.05) is 18.0 Å². The molecule has 176 valence electrons. The lowest BCUT2D eigenvalue weighted by atomic mass is 9.93. The molecule has 2 heterocycles. The summed E-state index contributed by atoms with van der Waals surface area (Å²) >= 11 is 0. The smallest absolute Gasteiger partial charge is 0.342 e. The Balaban J connectivity index is 1.39. The van der Waals surface area contributed by atoms with Crippen LogP contribution in [-0.4, -0.2) is 30.1 Å². The molecule has 0 spiro atoms. The molecule has 1 atom stereocenters. The van der Waals surface area contributed by atoms with Crippen LogP contribution in [0, 0.1) is 5.92 Å². The Morgan fingerprint density at radius 2 is 1.71 bits per heavy atom. The van der Waals surface area contributed by atoms with E-state index in [4.69, 9.17) is 4.74 Å². The molecule has 3 aromatic rings. The molecular formula is C30H34N2O2. The van der Waals surface area contributed by atoms with Crippen molar-refractivity contribution in [3.05, 3.63) is 95.7 Å². The van der Waals surface area contributed by atoms with Crippen LogP contribution in [0.2, 0.25) is 0 Å². The van der Waals surface area contributed by atoms with Gasteiger partial charge in [0.25, 0.3) is 0 Å². The highest BCUT2D eigenvalue weighted by Gasteiger charge is 2.28. The molecule has 1 aromatic heterocycles. The molecular weight excluding hydrogens is 420 g/mol. The van der Waals surface area contributed by atoms with Crippen molar-refractivity contribution in [3.63, 3.8) is 0 Å². The van der Waals surface area contributed by atoms with E-state index in [9.17, 15) is 4.79 Å². The van der Waals surface area contributed by atoms with E-state index in [0.717, 1.165) is 32.4 Å². The number of hydrogen-bond donors (Lipinski definition) is 0. The minimum absolute atomic E-state index is 0.159. The highest BCUT2D eigenvalue weighted by atomic mass is 16.5. The van der Waals surface area contributed by atoms with Gasteiger partial charge in [0, 0.05) is 19.3 Å². The number of ether oxygens (including phenoxy) is 1. The highest BCUT2D eigenvalue weighted by Crippen LogP contribution is 2.31. The van der Waals surface area contributed by atoms with Crippen LogP contribution in [0.1, 0.15) is 48.7 Å². The van der Waals surface area contributed by atoms with Gasteiger partial charge < -0.3 is 9.64 Å². The van der Waals surface area contributed by atoms with Crippen molar-refractivity contribution < 1.29 is 9.53 Å². The maximum Gasteiger partial charge on any atom is 0.342 e. The molecule has 0 N–H and O–H groups in total. The average molecular weight is 455 g/mol. The summed E-state index contributed by atoms with van der Waals surface area (Å²) < 4.78 is 5.42. The molecule has 1 fully saturated rings. The van der Waals surface area contributed by atoms with Gasteiger partial charge in [-0.2, -0.15) is 0 Å². The van der Waals surface area contributed by atoms with Gasteiger partial charge >= 0.3 is 5.97 Å². The predicted molar refractivity (Wildman–Crippen MR) is 139 cm³/mol.